The van der Waals surface area contributed by atoms with Gasteiger partial charge in [0.2, 0.25) is 0 Å². The summed E-state index contributed by atoms with van der Waals surface area (Å²) in [5.41, 5.74) is 5.98. The third kappa shape index (κ3) is 5.24. The van der Waals surface area contributed by atoms with Gasteiger partial charge in [-0.1, -0.05) is 60.7 Å². The van der Waals surface area contributed by atoms with Crippen molar-refractivity contribution in [3.8, 4) is 11.5 Å². The molecule has 1 atom stereocenters. The van der Waals surface area contributed by atoms with Crippen LogP contribution in [-0.2, 0) is 6.61 Å². The van der Waals surface area contributed by atoms with E-state index in [-0.39, 0.29) is 5.91 Å². The molecule has 8 heteroatoms. The van der Waals surface area contributed by atoms with E-state index < -0.39 is 12.1 Å². The van der Waals surface area contributed by atoms with E-state index in [0.717, 1.165) is 9.13 Å². The van der Waals surface area contributed by atoms with Crippen LogP contribution in [0.4, 0.5) is 5.69 Å². The highest BCUT2D eigenvalue weighted by molar-refractivity contribution is 14.1. The fourth-order valence-corrected chi connectivity index (χ4v) is 4.68. The van der Waals surface area contributed by atoms with Gasteiger partial charge in [0.25, 0.3) is 11.8 Å². The van der Waals surface area contributed by atoms with E-state index in [4.69, 9.17) is 9.47 Å². The summed E-state index contributed by atoms with van der Waals surface area (Å²) in [4.78, 5) is 27.3. The second kappa shape index (κ2) is 10.9. The lowest BCUT2D eigenvalue weighted by Gasteiger charge is -2.38. The monoisotopic (exact) mass is 605 g/mol. The number of fused-ring (bicyclic) bond motifs is 1. The number of amides is 2. The van der Waals surface area contributed by atoms with Crippen molar-refractivity contribution >= 4 is 40.1 Å². The molecule has 0 aliphatic carbocycles. The lowest BCUT2D eigenvalue weighted by atomic mass is 10.0. The molecule has 0 saturated carbocycles. The minimum atomic E-state index is -0.697. The van der Waals surface area contributed by atoms with Gasteiger partial charge in [0.15, 0.2) is 6.17 Å². The number of carbonyl (C=O) groups is 2. The molecule has 4 aromatic rings. The third-order valence-corrected chi connectivity index (χ3v) is 6.68. The van der Waals surface area contributed by atoms with Crippen molar-refractivity contribution in [2.75, 3.05) is 12.4 Å². The van der Waals surface area contributed by atoms with E-state index >= 15 is 0 Å². The number of methoxy groups -OCH3 is 1. The molecule has 0 unspecified atom stereocenters. The van der Waals surface area contributed by atoms with Gasteiger partial charge in [-0.2, -0.15) is 0 Å². The minimum Gasteiger partial charge on any atom is -0.496 e. The molecule has 1 aliphatic rings. The van der Waals surface area contributed by atoms with Crippen LogP contribution in [0.25, 0.3) is 0 Å². The fraction of sp³-hybridized carbons (Fsp3) is 0.103. The second-order valence-electron chi connectivity index (χ2n) is 8.37. The predicted octanol–water partition coefficient (Wildman–Crippen LogP) is 5.79. The average molecular weight is 605 g/mol. The summed E-state index contributed by atoms with van der Waals surface area (Å²) in [6, 6.07) is 29.7. The van der Waals surface area contributed by atoms with Gasteiger partial charge in [-0.25, -0.2) is 5.01 Å². The Hall–Kier alpha value is -4.05. The van der Waals surface area contributed by atoms with Crippen LogP contribution in [0, 0.1) is 3.57 Å². The average Bonchev–Trinajstić information content (AvgIpc) is 2.94. The zero-order valence-corrected chi connectivity index (χ0v) is 22.1. The zero-order chi connectivity index (χ0) is 25.8. The van der Waals surface area contributed by atoms with Crippen LogP contribution < -0.4 is 20.2 Å². The molecule has 186 valence electrons. The van der Waals surface area contributed by atoms with E-state index in [2.05, 4.69) is 33.3 Å². The van der Waals surface area contributed by atoms with Crippen LogP contribution in [0.2, 0.25) is 0 Å². The summed E-state index contributed by atoms with van der Waals surface area (Å²) in [5, 5.41) is 4.70. The van der Waals surface area contributed by atoms with Crippen molar-refractivity contribution in [3.05, 3.63) is 123 Å². The smallest absolute Gasteiger partial charge is 0.276 e. The molecular formula is C29H24IN3O4. The van der Waals surface area contributed by atoms with Crippen molar-refractivity contribution < 1.29 is 19.1 Å². The van der Waals surface area contributed by atoms with E-state index in [1.165, 1.54) is 5.01 Å². The standard InChI is InChI=1S/C29H24IN3O4/c1-36-25-13-7-5-11-21(25)27-31-24-16-15-20(30)17-23(24)29(35)33(27)32-28(34)22-12-6-8-14-26(22)37-18-19-9-3-2-4-10-19/h2-17,27,31H,18H2,1H3,(H,32,34)/t27-/m1/s1. The molecule has 1 heterocycles. The number of nitrogens with zero attached hydrogens (tertiary/aromatic N) is 1. The van der Waals surface area contributed by atoms with Crippen LogP contribution in [0.1, 0.15) is 38.0 Å². The Bertz CT molecular complexity index is 1440. The molecule has 0 radical (unpaired) electrons. The van der Waals surface area contributed by atoms with Crippen molar-refractivity contribution in [1.82, 2.24) is 10.4 Å². The molecule has 7 nitrogen and oxygen atoms in total. The summed E-state index contributed by atoms with van der Waals surface area (Å²) < 4.78 is 12.4. The molecule has 2 N–H and O–H groups in total. The minimum absolute atomic E-state index is 0.311. The maximum Gasteiger partial charge on any atom is 0.276 e. The Balaban J connectivity index is 1.47. The summed E-state index contributed by atoms with van der Waals surface area (Å²) in [5.74, 6) is 0.213. The molecule has 1 aliphatic heterocycles. The Morgan fingerprint density at radius 1 is 0.946 bits per heavy atom. The van der Waals surface area contributed by atoms with Gasteiger partial charge in [-0.15, -0.1) is 0 Å². The van der Waals surface area contributed by atoms with Crippen LogP contribution in [0.15, 0.2) is 97.1 Å². The number of rotatable bonds is 7. The zero-order valence-electron chi connectivity index (χ0n) is 20.0. The molecule has 0 fully saturated rings. The molecule has 2 amide bonds. The quantitative estimate of drug-likeness (QED) is 0.261. The number of hydrogen-bond donors (Lipinski definition) is 2. The Morgan fingerprint density at radius 3 is 2.43 bits per heavy atom. The van der Waals surface area contributed by atoms with Gasteiger partial charge in [0.1, 0.15) is 18.1 Å². The number of para-hydroxylation sites is 2. The van der Waals surface area contributed by atoms with Crippen LogP contribution in [-0.4, -0.2) is 23.9 Å². The van der Waals surface area contributed by atoms with Crippen LogP contribution in [0.3, 0.4) is 0 Å². The van der Waals surface area contributed by atoms with E-state index in [1.54, 1.807) is 37.4 Å². The van der Waals surface area contributed by atoms with Gasteiger partial charge in [0.05, 0.1) is 18.2 Å². The van der Waals surface area contributed by atoms with Crippen molar-refractivity contribution in [2.24, 2.45) is 0 Å². The molecule has 4 aromatic carbocycles. The first-order valence-corrected chi connectivity index (χ1v) is 12.7. The Labute approximate surface area is 228 Å². The first-order valence-electron chi connectivity index (χ1n) is 11.6. The molecule has 0 aromatic heterocycles. The van der Waals surface area contributed by atoms with Gasteiger partial charge in [0, 0.05) is 14.8 Å². The van der Waals surface area contributed by atoms with Gasteiger partial charge in [-0.05, 0) is 64.6 Å². The molecule has 0 saturated heterocycles. The normalized spacial score (nSPS) is 14.4. The molecule has 37 heavy (non-hydrogen) atoms. The summed E-state index contributed by atoms with van der Waals surface area (Å²) in [6.07, 6.45) is -0.697. The highest BCUT2D eigenvalue weighted by Crippen LogP contribution is 2.36. The van der Waals surface area contributed by atoms with Crippen molar-refractivity contribution in [2.45, 2.75) is 12.8 Å². The van der Waals surface area contributed by atoms with E-state index in [0.29, 0.717) is 40.5 Å². The van der Waals surface area contributed by atoms with Gasteiger partial charge < -0.3 is 14.8 Å². The number of carbonyl (C=O) groups excluding carboxylic acids is 2. The maximum atomic E-state index is 13.7. The van der Waals surface area contributed by atoms with Crippen LogP contribution in [0.5, 0.6) is 11.5 Å². The number of halogens is 1. The van der Waals surface area contributed by atoms with E-state index in [1.807, 2.05) is 66.7 Å². The predicted molar refractivity (Wildman–Crippen MR) is 149 cm³/mol. The summed E-state index contributed by atoms with van der Waals surface area (Å²) in [7, 11) is 1.57. The molecular weight excluding hydrogens is 581 g/mol. The third-order valence-electron chi connectivity index (χ3n) is 6.01. The molecule has 0 bridgehead atoms. The second-order valence-corrected chi connectivity index (χ2v) is 9.61. The first kappa shape index (κ1) is 24.6. The SMILES string of the molecule is COc1ccccc1[C@@H]1Nc2ccc(I)cc2C(=O)N1NC(=O)c1ccccc1OCc1ccccc1. The largest absolute Gasteiger partial charge is 0.496 e. The first-order chi connectivity index (χ1) is 18.0. The van der Waals surface area contributed by atoms with Gasteiger partial charge in [-0.3, -0.25) is 15.0 Å². The topological polar surface area (TPSA) is 79.9 Å². The fourth-order valence-electron chi connectivity index (χ4n) is 4.19. The lowest BCUT2D eigenvalue weighted by molar-refractivity contribution is 0.0486. The lowest BCUT2D eigenvalue weighted by Crippen LogP contribution is -2.53. The Kier molecular flexibility index (Phi) is 7.27. The molecule has 0 spiro atoms. The van der Waals surface area contributed by atoms with Gasteiger partial charge >= 0.3 is 0 Å². The highest BCUT2D eigenvalue weighted by atomic mass is 127. The Morgan fingerprint density at radius 2 is 1.65 bits per heavy atom. The maximum absolute atomic E-state index is 13.7. The number of nitrogens with one attached hydrogen (secondary N) is 2. The van der Waals surface area contributed by atoms with Crippen molar-refractivity contribution in [3.63, 3.8) is 0 Å². The molecule has 5 rings (SSSR count). The van der Waals surface area contributed by atoms with E-state index in [9.17, 15) is 9.59 Å². The summed E-state index contributed by atoms with van der Waals surface area (Å²) in [6.45, 7) is 0.311. The highest BCUT2D eigenvalue weighted by Gasteiger charge is 2.36. The summed E-state index contributed by atoms with van der Waals surface area (Å²) >= 11 is 2.16. The number of ether oxygens (including phenoxy) is 2. The number of hydrogen-bond acceptors (Lipinski definition) is 5. The van der Waals surface area contributed by atoms with Crippen LogP contribution >= 0.6 is 22.6 Å². The van der Waals surface area contributed by atoms with Crippen molar-refractivity contribution in [1.29, 1.82) is 0 Å². The number of benzene rings is 4. The number of hydrazine groups is 1. The number of anilines is 1.